The maximum Gasteiger partial charge on any atom is 0.263 e. The predicted octanol–water partition coefficient (Wildman–Crippen LogP) is 2.72. The third-order valence-corrected chi connectivity index (χ3v) is 5.91. The van der Waals surface area contributed by atoms with Gasteiger partial charge in [0.2, 0.25) is 0 Å². The molecule has 1 fully saturated rings. The van der Waals surface area contributed by atoms with Crippen molar-refractivity contribution in [3.05, 3.63) is 21.4 Å². The fourth-order valence-corrected chi connectivity index (χ4v) is 4.46. The van der Waals surface area contributed by atoms with Gasteiger partial charge in [-0.1, -0.05) is 13.8 Å². The van der Waals surface area contributed by atoms with E-state index < -0.39 is 0 Å². The van der Waals surface area contributed by atoms with Gasteiger partial charge >= 0.3 is 0 Å². The topological polar surface area (TPSA) is 40.5 Å². The van der Waals surface area contributed by atoms with Crippen LogP contribution in [0.2, 0.25) is 0 Å². The number of aryl methyl sites for hydroxylation is 1. The van der Waals surface area contributed by atoms with Gasteiger partial charge in [0.15, 0.2) is 0 Å². The van der Waals surface area contributed by atoms with Gasteiger partial charge in [-0.25, -0.2) is 0 Å². The normalized spacial score (nSPS) is 30.1. The number of carbonyl (C=O) groups excluding carboxylic acids is 1. The van der Waals surface area contributed by atoms with E-state index in [2.05, 4.69) is 13.0 Å². The van der Waals surface area contributed by atoms with Crippen molar-refractivity contribution in [2.45, 2.75) is 45.6 Å². The third kappa shape index (κ3) is 2.63. The minimum atomic E-state index is -0.253. The second kappa shape index (κ2) is 5.49. The van der Waals surface area contributed by atoms with E-state index in [1.54, 1.807) is 11.3 Å². The molecule has 1 aliphatic heterocycles. The van der Waals surface area contributed by atoms with Crippen molar-refractivity contribution >= 4 is 17.2 Å². The SMILES string of the molecule is CC1CCc2sc(C(=O)N3CCC(O)C(C)C3)cc2C1. The molecule has 4 heteroatoms. The van der Waals surface area contributed by atoms with Crippen LogP contribution in [0, 0.1) is 11.8 Å². The Morgan fingerprint density at radius 3 is 2.95 bits per heavy atom. The summed E-state index contributed by atoms with van der Waals surface area (Å²) in [5, 5.41) is 9.77. The zero-order valence-corrected chi connectivity index (χ0v) is 13.1. The number of fused-ring (bicyclic) bond motifs is 1. The molecule has 0 radical (unpaired) electrons. The maximum absolute atomic E-state index is 12.6. The third-order valence-electron chi connectivity index (χ3n) is 4.69. The molecule has 1 aliphatic carbocycles. The molecule has 3 nitrogen and oxygen atoms in total. The standard InChI is InChI=1S/C16H23NO2S/c1-10-3-4-14-12(7-10)8-15(20-14)16(19)17-6-5-13(18)11(2)9-17/h8,10-11,13,18H,3-7,9H2,1-2H3. The Morgan fingerprint density at radius 1 is 1.40 bits per heavy atom. The summed E-state index contributed by atoms with van der Waals surface area (Å²) in [4.78, 5) is 16.8. The van der Waals surface area contributed by atoms with Crippen LogP contribution in [0.1, 0.15) is 46.8 Å². The van der Waals surface area contributed by atoms with Gasteiger partial charge < -0.3 is 10.0 Å². The van der Waals surface area contributed by atoms with Crippen LogP contribution in [-0.2, 0) is 12.8 Å². The molecule has 2 aliphatic rings. The van der Waals surface area contributed by atoms with E-state index in [0.29, 0.717) is 19.5 Å². The summed E-state index contributed by atoms with van der Waals surface area (Å²) in [6.07, 6.45) is 3.94. The summed E-state index contributed by atoms with van der Waals surface area (Å²) in [6, 6.07) is 2.12. The highest BCUT2D eigenvalue weighted by atomic mass is 32.1. The first-order valence-corrected chi connectivity index (χ1v) is 8.45. The van der Waals surface area contributed by atoms with E-state index in [-0.39, 0.29) is 17.9 Å². The van der Waals surface area contributed by atoms with Gasteiger partial charge in [0.1, 0.15) is 0 Å². The first-order valence-electron chi connectivity index (χ1n) is 7.63. The highest BCUT2D eigenvalue weighted by Gasteiger charge is 2.29. The average Bonchev–Trinajstić information content (AvgIpc) is 2.84. The fraction of sp³-hybridized carbons (Fsp3) is 0.688. The molecule has 1 aromatic heterocycles. The lowest BCUT2D eigenvalue weighted by Crippen LogP contribution is -2.44. The van der Waals surface area contributed by atoms with E-state index >= 15 is 0 Å². The number of amides is 1. The minimum Gasteiger partial charge on any atom is -0.393 e. The van der Waals surface area contributed by atoms with Crippen LogP contribution in [0.4, 0.5) is 0 Å². The summed E-state index contributed by atoms with van der Waals surface area (Å²) in [6.45, 7) is 5.67. The molecular formula is C16H23NO2S. The Labute approximate surface area is 124 Å². The van der Waals surface area contributed by atoms with Crippen molar-refractivity contribution < 1.29 is 9.90 Å². The first-order chi connectivity index (χ1) is 9.54. The molecule has 110 valence electrons. The molecule has 2 heterocycles. The van der Waals surface area contributed by atoms with Gasteiger partial charge in [0.05, 0.1) is 11.0 Å². The van der Waals surface area contributed by atoms with Crippen molar-refractivity contribution in [1.29, 1.82) is 0 Å². The second-order valence-corrected chi connectivity index (χ2v) is 7.63. The van der Waals surface area contributed by atoms with Crippen molar-refractivity contribution in [1.82, 2.24) is 4.90 Å². The Kier molecular flexibility index (Phi) is 3.87. The summed E-state index contributed by atoms with van der Waals surface area (Å²) in [7, 11) is 0. The van der Waals surface area contributed by atoms with Gasteiger partial charge in [-0.15, -0.1) is 11.3 Å². The summed E-state index contributed by atoms with van der Waals surface area (Å²) < 4.78 is 0. The number of nitrogens with zero attached hydrogens (tertiary/aromatic N) is 1. The van der Waals surface area contributed by atoms with Crippen LogP contribution in [0.15, 0.2) is 6.07 Å². The summed E-state index contributed by atoms with van der Waals surface area (Å²) in [5.74, 6) is 1.09. The molecule has 3 unspecified atom stereocenters. The Bertz CT molecular complexity index is 511. The summed E-state index contributed by atoms with van der Waals surface area (Å²) >= 11 is 1.69. The number of thiophene rings is 1. The smallest absolute Gasteiger partial charge is 0.263 e. The first kappa shape index (κ1) is 14.1. The van der Waals surface area contributed by atoms with Gasteiger partial charge in [0.25, 0.3) is 5.91 Å². The van der Waals surface area contributed by atoms with Gasteiger partial charge in [-0.3, -0.25) is 4.79 Å². The molecule has 0 spiro atoms. The largest absolute Gasteiger partial charge is 0.393 e. The van der Waals surface area contributed by atoms with Gasteiger partial charge in [-0.2, -0.15) is 0 Å². The molecule has 1 aromatic rings. The van der Waals surface area contributed by atoms with Gasteiger partial charge in [0, 0.05) is 18.0 Å². The van der Waals surface area contributed by atoms with Crippen LogP contribution in [0.3, 0.4) is 0 Å². The highest BCUT2D eigenvalue weighted by molar-refractivity contribution is 7.14. The minimum absolute atomic E-state index is 0.163. The van der Waals surface area contributed by atoms with Crippen LogP contribution in [-0.4, -0.2) is 35.1 Å². The number of carbonyl (C=O) groups is 1. The quantitative estimate of drug-likeness (QED) is 0.865. The monoisotopic (exact) mass is 293 g/mol. The number of piperidine rings is 1. The lowest BCUT2D eigenvalue weighted by molar-refractivity contribution is 0.0300. The molecule has 1 amide bonds. The number of likely N-dealkylation sites (tertiary alicyclic amines) is 1. The predicted molar refractivity (Wildman–Crippen MR) is 81.2 cm³/mol. The van der Waals surface area contributed by atoms with E-state index in [9.17, 15) is 9.90 Å². The number of aliphatic hydroxyl groups is 1. The van der Waals surface area contributed by atoms with Crippen molar-refractivity contribution in [2.75, 3.05) is 13.1 Å². The molecule has 1 saturated heterocycles. The Morgan fingerprint density at radius 2 is 2.20 bits per heavy atom. The zero-order chi connectivity index (χ0) is 14.3. The van der Waals surface area contributed by atoms with E-state index in [1.807, 2.05) is 11.8 Å². The van der Waals surface area contributed by atoms with Crippen LogP contribution in [0.25, 0.3) is 0 Å². The molecule has 0 bridgehead atoms. The Hall–Kier alpha value is -0.870. The second-order valence-electron chi connectivity index (χ2n) is 6.49. The number of rotatable bonds is 1. The van der Waals surface area contributed by atoms with E-state index in [4.69, 9.17) is 0 Å². The van der Waals surface area contributed by atoms with E-state index in [0.717, 1.165) is 23.6 Å². The maximum atomic E-state index is 12.6. The van der Waals surface area contributed by atoms with Crippen molar-refractivity contribution in [3.63, 3.8) is 0 Å². The lowest BCUT2D eigenvalue weighted by atomic mass is 9.90. The molecule has 3 rings (SSSR count). The molecule has 20 heavy (non-hydrogen) atoms. The van der Waals surface area contributed by atoms with Crippen LogP contribution in [0.5, 0.6) is 0 Å². The van der Waals surface area contributed by atoms with E-state index in [1.165, 1.54) is 16.9 Å². The molecule has 3 atom stereocenters. The average molecular weight is 293 g/mol. The number of hydrogen-bond donors (Lipinski definition) is 1. The highest BCUT2D eigenvalue weighted by Crippen LogP contribution is 2.33. The van der Waals surface area contributed by atoms with Crippen LogP contribution < -0.4 is 0 Å². The van der Waals surface area contributed by atoms with Crippen molar-refractivity contribution in [2.24, 2.45) is 11.8 Å². The zero-order valence-electron chi connectivity index (χ0n) is 12.3. The van der Waals surface area contributed by atoms with Gasteiger partial charge in [-0.05, 0) is 49.1 Å². The lowest BCUT2D eigenvalue weighted by Gasteiger charge is -2.34. The Balaban J connectivity index is 1.75. The molecule has 0 saturated carbocycles. The molecule has 0 aromatic carbocycles. The molecule has 1 N–H and O–H groups in total. The van der Waals surface area contributed by atoms with Crippen molar-refractivity contribution in [3.8, 4) is 0 Å². The summed E-state index contributed by atoms with van der Waals surface area (Å²) in [5.41, 5.74) is 1.39. The number of aliphatic hydroxyl groups excluding tert-OH is 1. The fourth-order valence-electron chi connectivity index (χ4n) is 3.28. The van der Waals surface area contributed by atoms with Crippen LogP contribution >= 0.6 is 11.3 Å². The number of hydrogen-bond acceptors (Lipinski definition) is 3. The molecular weight excluding hydrogens is 270 g/mol.